The third-order valence-corrected chi connectivity index (χ3v) is 2.93. The number of hydrogen-bond donors (Lipinski definition) is 1. The van der Waals surface area contributed by atoms with Gasteiger partial charge in [0.2, 0.25) is 0 Å². The van der Waals surface area contributed by atoms with Crippen molar-refractivity contribution in [2.45, 2.75) is 19.6 Å². The van der Waals surface area contributed by atoms with E-state index in [1.807, 2.05) is 30.0 Å². The van der Waals surface area contributed by atoms with Gasteiger partial charge in [-0.25, -0.2) is 4.98 Å². The highest BCUT2D eigenvalue weighted by molar-refractivity contribution is 7.98. The van der Waals surface area contributed by atoms with Crippen molar-refractivity contribution in [3.8, 4) is 0 Å². The monoisotopic (exact) mass is 196 g/mol. The number of hydrogen-bond acceptors (Lipinski definition) is 3. The normalized spacial score (nSPS) is 10.7. The first kappa shape index (κ1) is 10.4. The van der Waals surface area contributed by atoms with Crippen LogP contribution < -0.4 is 5.73 Å². The van der Waals surface area contributed by atoms with Gasteiger partial charge in [0.25, 0.3) is 0 Å². The maximum Gasteiger partial charge on any atom is 0.123 e. The molecule has 0 aromatic carbocycles. The molecule has 0 spiro atoms. The zero-order chi connectivity index (χ0) is 9.68. The van der Waals surface area contributed by atoms with Crippen LogP contribution in [-0.4, -0.2) is 10.7 Å². The summed E-state index contributed by atoms with van der Waals surface area (Å²) in [4.78, 5) is 4.23. The van der Waals surface area contributed by atoms with Crippen molar-refractivity contribution >= 4 is 17.6 Å². The lowest BCUT2D eigenvalue weighted by Gasteiger charge is -2.04. The average molecular weight is 196 g/mol. The average Bonchev–Trinajstić information content (AvgIpc) is 2.03. The third kappa shape index (κ3) is 4.18. The van der Waals surface area contributed by atoms with Gasteiger partial charge in [-0.3, -0.25) is 0 Å². The molecule has 0 aliphatic rings. The van der Waals surface area contributed by atoms with Crippen LogP contribution in [0.25, 0.3) is 0 Å². The minimum absolute atomic E-state index is 0.614. The van der Waals surface area contributed by atoms with E-state index in [-0.39, 0.29) is 0 Å². The predicted molar refractivity (Wildman–Crippen MR) is 59.6 cm³/mol. The highest BCUT2D eigenvalue weighted by Gasteiger charge is 1.97. The number of nitrogen functional groups attached to an aromatic ring is 1. The van der Waals surface area contributed by atoms with E-state index in [0.717, 1.165) is 17.4 Å². The van der Waals surface area contributed by atoms with E-state index in [1.165, 1.54) is 5.75 Å². The Labute approximate surface area is 83.9 Å². The molecule has 0 radical (unpaired) electrons. The van der Waals surface area contributed by atoms with Gasteiger partial charge < -0.3 is 5.73 Å². The van der Waals surface area contributed by atoms with Crippen LogP contribution in [0, 0.1) is 5.92 Å². The van der Waals surface area contributed by atoms with Crippen LogP contribution >= 0.6 is 11.8 Å². The Hall–Kier alpha value is -0.700. The van der Waals surface area contributed by atoms with Gasteiger partial charge in [0.15, 0.2) is 0 Å². The molecule has 2 N–H and O–H groups in total. The van der Waals surface area contributed by atoms with Crippen LogP contribution in [-0.2, 0) is 5.75 Å². The van der Waals surface area contributed by atoms with Crippen LogP contribution in [0.3, 0.4) is 0 Å². The molecular weight excluding hydrogens is 180 g/mol. The van der Waals surface area contributed by atoms with E-state index >= 15 is 0 Å². The Kier molecular flexibility index (Phi) is 4.09. The van der Waals surface area contributed by atoms with Gasteiger partial charge in [0, 0.05) is 5.75 Å². The SMILES string of the molecule is CC(C)CSCc1cccc(N)n1. The summed E-state index contributed by atoms with van der Waals surface area (Å²) in [6, 6.07) is 5.79. The van der Waals surface area contributed by atoms with E-state index < -0.39 is 0 Å². The van der Waals surface area contributed by atoms with E-state index in [4.69, 9.17) is 5.73 Å². The quantitative estimate of drug-likeness (QED) is 0.804. The van der Waals surface area contributed by atoms with Crippen molar-refractivity contribution in [1.82, 2.24) is 4.98 Å². The fourth-order valence-corrected chi connectivity index (χ4v) is 1.94. The standard InChI is InChI=1S/C10H16N2S/c1-8(2)6-13-7-9-4-3-5-10(11)12-9/h3-5,8H,6-7H2,1-2H3,(H2,11,12). The summed E-state index contributed by atoms with van der Waals surface area (Å²) in [6.45, 7) is 4.44. The molecule has 2 nitrogen and oxygen atoms in total. The summed E-state index contributed by atoms with van der Waals surface area (Å²) in [6.07, 6.45) is 0. The molecule has 1 aromatic rings. The summed E-state index contributed by atoms with van der Waals surface area (Å²) in [5, 5.41) is 0. The van der Waals surface area contributed by atoms with Gasteiger partial charge >= 0.3 is 0 Å². The Balaban J connectivity index is 2.37. The maximum absolute atomic E-state index is 5.57. The number of nitrogens with zero attached hydrogens (tertiary/aromatic N) is 1. The second kappa shape index (κ2) is 5.12. The molecule has 72 valence electrons. The van der Waals surface area contributed by atoms with Crippen LogP contribution in [0.4, 0.5) is 5.82 Å². The number of anilines is 1. The second-order valence-electron chi connectivity index (χ2n) is 3.46. The number of thioether (sulfide) groups is 1. The Morgan fingerprint density at radius 1 is 1.46 bits per heavy atom. The predicted octanol–water partition coefficient (Wildman–Crippen LogP) is 2.55. The maximum atomic E-state index is 5.57. The van der Waals surface area contributed by atoms with Gasteiger partial charge in [-0.1, -0.05) is 19.9 Å². The van der Waals surface area contributed by atoms with Gasteiger partial charge in [-0.15, -0.1) is 0 Å². The number of rotatable bonds is 4. The highest BCUT2D eigenvalue weighted by atomic mass is 32.2. The van der Waals surface area contributed by atoms with E-state index in [1.54, 1.807) is 0 Å². The van der Waals surface area contributed by atoms with Crippen molar-refractivity contribution in [2.24, 2.45) is 5.92 Å². The highest BCUT2D eigenvalue weighted by Crippen LogP contribution is 2.14. The lowest BCUT2D eigenvalue weighted by atomic mass is 10.3. The molecule has 0 amide bonds. The molecular formula is C10H16N2S. The third-order valence-electron chi connectivity index (χ3n) is 1.53. The molecule has 13 heavy (non-hydrogen) atoms. The minimum atomic E-state index is 0.614. The molecule has 1 heterocycles. The molecule has 0 aliphatic carbocycles. The summed E-state index contributed by atoms with van der Waals surface area (Å²) in [5.41, 5.74) is 6.64. The molecule has 1 aromatic heterocycles. The first-order valence-corrected chi connectivity index (χ1v) is 5.63. The molecule has 0 aliphatic heterocycles. The van der Waals surface area contributed by atoms with Crippen molar-refractivity contribution in [2.75, 3.05) is 11.5 Å². The van der Waals surface area contributed by atoms with Crippen molar-refractivity contribution in [3.05, 3.63) is 23.9 Å². The fourth-order valence-electron chi connectivity index (χ4n) is 0.978. The lowest BCUT2D eigenvalue weighted by Crippen LogP contribution is -1.95. The van der Waals surface area contributed by atoms with Crippen molar-refractivity contribution in [3.63, 3.8) is 0 Å². The molecule has 3 heteroatoms. The Bertz CT molecular complexity index is 261. The van der Waals surface area contributed by atoms with Gasteiger partial charge in [-0.05, 0) is 23.8 Å². The molecule has 0 bridgehead atoms. The molecule has 0 saturated carbocycles. The zero-order valence-corrected chi connectivity index (χ0v) is 8.97. The molecule has 0 saturated heterocycles. The zero-order valence-electron chi connectivity index (χ0n) is 8.16. The van der Waals surface area contributed by atoms with Crippen LogP contribution in [0.15, 0.2) is 18.2 Å². The molecule has 1 rings (SSSR count). The van der Waals surface area contributed by atoms with E-state index in [9.17, 15) is 0 Å². The summed E-state index contributed by atoms with van der Waals surface area (Å²) >= 11 is 1.91. The smallest absolute Gasteiger partial charge is 0.123 e. The summed E-state index contributed by atoms with van der Waals surface area (Å²) in [5.74, 6) is 3.49. The molecule has 0 atom stereocenters. The van der Waals surface area contributed by atoms with E-state index in [0.29, 0.717) is 5.82 Å². The van der Waals surface area contributed by atoms with Gasteiger partial charge in [0.05, 0.1) is 5.69 Å². The Morgan fingerprint density at radius 3 is 2.85 bits per heavy atom. The topological polar surface area (TPSA) is 38.9 Å². The lowest BCUT2D eigenvalue weighted by molar-refractivity contribution is 0.750. The van der Waals surface area contributed by atoms with Gasteiger partial charge in [-0.2, -0.15) is 11.8 Å². The van der Waals surface area contributed by atoms with Crippen LogP contribution in [0.2, 0.25) is 0 Å². The summed E-state index contributed by atoms with van der Waals surface area (Å²) in [7, 11) is 0. The minimum Gasteiger partial charge on any atom is -0.384 e. The Morgan fingerprint density at radius 2 is 2.23 bits per heavy atom. The number of pyridine rings is 1. The van der Waals surface area contributed by atoms with Crippen molar-refractivity contribution < 1.29 is 0 Å². The first-order valence-electron chi connectivity index (χ1n) is 4.47. The number of nitrogens with two attached hydrogens (primary N) is 1. The van der Waals surface area contributed by atoms with Gasteiger partial charge in [0.1, 0.15) is 5.82 Å². The largest absolute Gasteiger partial charge is 0.384 e. The second-order valence-corrected chi connectivity index (χ2v) is 4.49. The van der Waals surface area contributed by atoms with Crippen LogP contribution in [0.1, 0.15) is 19.5 Å². The van der Waals surface area contributed by atoms with E-state index in [2.05, 4.69) is 18.8 Å². The summed E-state index contributed by atoms with van der Waals surface area (Å²) < 4.78 is 0. The van der Waals surface area contributed by atoms with Crippen LogP contribution in [0.5, 0.6) is 0 Å². The molecule has 0 fully saturated rings. The number of aromatic nitrogens is 1. The first-order chi connectivity index (χ1) is 6.18. The molecule has 0 unspecified atom stereocenters. The van der Waals surface area contributed by atoms with Crippen molar-refractivity contribution in [1.29, 1.82) is 0 Å². The fraction of sp³-hybridized carbons (Fsp3) is 0.500.